The van der Waals surface area contributed by atoms with Crippen LogP contribution in [0.2, 0.25) is 0 Å². The van der Waals surface area contributed by atoms with Gasteiger partial charge in [0.2, 0.25) is 0 Å². The maximum absolute atomic E-state index is 13.2. The molecule has 2 aliphatic carbocycles. The number of aliphatic hydroxyl groups is 1. The maximum Gasteiger partial charge on any atom is 0.317 e. The van der Waals surface area contributed by atoms with Crippen LogP contribution in [0, 0.1) is 11.8 Å². The van der Waals surface area contributed by atoms with E-state index in [0.717, 1.165) is 42.4 Å². The molecule has 32 heavy (non-hydrogen) atoms. The maximum atomic E-state index is 13.2. The summed E-state index contributed by atoms with van der Waals surface area (Å²) in [4.78, 5) is 39.3. The van der Waals surface area contributed by atoms with Crippen molar-refractivity contribution < 1.29 is 33.4 Å². The highest BCUT2D eigenvalue weighted by molar-refractivity contribution is 6.04. The fourth-order valence-electron chi connectivity index (χ4n) is 5.48. The van der Waals surface area contributed by atoms with E-state index in [1.807, 2.05) is 12.1 Å². The van der Waals surface area contributed by atoms with Gasteiger partial charge >= 0.3 is 11.9 Å². The Morgan fingerprint density at radius 2 is 1.81 bits per heavy atom. The number of fused-ring (bicyclic) bond motifs is 3. The third kappa shape index (κ3) is 3.72. The Morgan fingerprint density at radius 1 is 1.12 bits per heavy atom. The molecule has 1 aromatic carbocycles. The SMILES string of the molecule is CCOC(=O)C1C(=O)CC(C)(O)C(C(=O)OCC)C1c1cccc2oc3c(c12)CCCC3. The fraction of sp³-hybridized carbons (Fsp3) is 0.560. The van der Waals surface area contributed by atoms with Gasteiger partial charge in [-0.15, -0.1) is 0 Å². The average Bonchev–Trinajstić information content (AvgIpc) is 3.11. The average molecular weight is 443 g/mol. The van der Waals surface area contributed by atoms with E-state index >= 15 is 0 Å². The highest BCUT2D eigenvalue weighted by Crippen LogP contribution is 2.49. The highest BCUT2D eigenvalue weighted by Gasteiger charge is 2.57. The zero-order valence-corrected chi connectivity index (χ0v) is 18.8. The van der Waals surface area contributed by atoms with E-state index in [1.54, 1.807) is 19.9 Å². The van der Waals surface area contributed by atoms with Crippen molar-refractivity contribution in [3.8, 4) is 0 Å². The second-order valence-corrected chi connectivity index (χ2v) is 8.92. The number of furan rings is 1. The van der Waals surface area contributed by atoms with E-state index in [4.69, 9.17) is 13.9 Å². The second kappa shape index (κ2) is 8.70. The standard InChI is InChI=1S/C25H30O7/c1-4-30-23(27)21-16(26)13-25(3,29)22(24(28)31-5-2)20(21)15-10-8-12-18-19(15)14-9-6-7-11-17(14)32-18/h8,10,12,20-22,29H,4-7,9,11,13H2,1-3H3. The van der Waals surface area contributed by atoms with Gasteiger partial charge in [0.05, 0.1) is 24.7 Å². The lowest BCUT2D eigenvalue weighted by Crippen LogP contribution is -2.55. The number of Topliss-reactive ketones (excluding diaryl/α,β-unsaturated/α-hetero) is 1. The fourth-order valence-corrected chi connectivity index (χ4v) is 5.48. The number of benzene rings is 1. The van der Waals surface area contributed by atoms with Crippen LogP contribution in [0.3, 0.4) is 0 Å². The monoisotopic (exact) mass is 442 g/mol. The van der Waals surface area contributed by atoms with Crippen LogP contribution in [0.1, 0.15) is 62.8 Å². The molecule has 4 rings (SSSR count). The van der Waals surface area contributed by atoms with E-state index in [1.165, 1.54) is 6.92 Å². The normalized spacial score (nSPS) is 27.8. The Balaban J connectivity index is 1.96. The van der Waals surface area contributed by atoms with Gasteiger partial charge in [-0.2, -0.15) is 0 Å². The predicted molar refractivity (Wildman–Crippen MR) is 116 cm³/mol. The molecule has 2 aliphatic rings. The van der Waals surface area contributed by atoms with Gasteiger partial charge in [0, 0.05) is 29.7 Å². The summed E-state index contributed by atoms with van der Waals surface area (Å²) in [5.74, 6) is -4.06. The van der Waals surface area contributed by atoms with Crippen molar-refractivity contribution in [2.75, 3.05) is 13.2 Å². The number of aryl methyl sites for hydroxylation is 2. The Morgan fingerprint density at radius 3 is 2.53 bits per heavy atom. The predicted octanol–water partition coefficient (Wildman–Crippen LogP) is 3.48. The lowest BCUT2D eigenvalue weighted by Gasteiger charge is -2.43. The van der Waals surface area contributed by atoms with Crippen molar-refractivity contribution in [3.05, 3.63) is 35.1 Å². The third-order valence-corrected chi connectivity index (χ3v) is 6.72. The summed E-state index contributed by atoms with van der Waals surface area (Å²) < 4.78 is 16.7. The van der Waals surface area contributed by atoms with Crippen LogP contribution in [-0.2, 0) is 36.7 Å². The number of esters is 2. The number of ketones is 1. The Hall–Kier alpha value is -2.67. The summed E-state index contributed by atoms with van der Waals surface area (Å²) >= 11 is 0. The van der Waals surface area contributed by atoms with E-state index in [0.29, 0.717) is 11.1 Å². The van der Waals surface area contributed by atoms with Gasteiger partial charge in [-0.25, -0.2) is 0 Å². The molecule has 2 aromatic rings. The molecule has 7 nitrogen and oxygen atoms in total. The molecule has 1 N–H and O–H groups in total. The molecule has 0 radical (unpaired) electrons. The summed E-state index contributed by atoms with van der Waals surface area (Å²) in [5.41, 5.74) is 0.712. The van der Waals surface area contributed by atoms with E-state index < -0.39 is 41.1 Å². The minimum absolute atomic E-state index is 0.112. The zero-order chi connectivity index (χ0) is 23.0. The molecule has 0 amide bonds. The van der Waals surface area contributed by atoms with Crippen LogP contribution < -0.4 is 0 Å². The molecular weight excluding hydrogens is 412 g/mol. The minimum atomic E-state index is -1.66. The Bertz CT molecular complexity index is 1050. The molecule has 172 valence electrons. The van der Waals surface area contributed by atoms with Crippen molar-refractivity contribution >= 4 is 28.7 Å². The first-order chi connectivity index (χ1) is 15.3. The minimum Gasteiger partial charge on any atom is -0.466 e. The highest BCUT2D eigenvalue weighted by atomic mass is 16.5. The van der Waals surface area contributed by atoms with Crippen LogP contribution in [0.25, 0.3) is 11.0 Å². The van der Waals surface area contributed by atoms with Crippen molar-refractivity contribution in [3.63, 3.8) is 0 Å². The number of carbonyl (C=O) groups excluding carboxylic acids is 3. The van der Waals surface area contributed by atoms with Crippen molar-refractivity contribution in [1.82, 2.24) is 0 Å². The number of ether oxygens (including phenoxy) is 2. The number of hydrogen-bond donors (Lipinski definition) is 1. The van der Waals surface area contributed by atoms with Gasteiger partial charge in [-0.05, 0) is 51.7 Å². The lowest BCUT2D eigenvalue weighted by atomic mass is 9.61. The van der Waals surface area contributed by atoms with Gasteiger partial charge in [-0.1, -0.05) is 12.1 Å². The molecule has 1 fully saturated rings. The third-order valence-electron chi connectivity index (χ3n) is 6.72. The van der Waals surface area contributed by atoms with Gasteiger partial charge in [0.15, 0.2) is 5.78 Å². The van der Waals surface area contributed by atoms with Crippen LogP contribution >= 0.6 is 0 Å². The smallest absolute Gasteiger partial charge is 0.317 e. The molecule has 0 aliphatic heterocycles. The van der Waals surface area contributed by atoms with Crippen LogP contribution in [0.4, 0.5) is 0 Å². The van der Waals surface area contributed by atoms with Gasteiger partial charge in [0.1, 0.15) is 17.3 Å². The summed E-state index contributed by atoms with van der Waals surface area (Å²) in [5, 5.41) is 12.1. The van der Waals surface area contributed by atoms with Crippen molar-refractivity contribution in [1.29, 1.82) is 0 Å². The van der Waals surface area contributed by atoms with E-state index in [-0.39, 0.29) is 19.6 Å². The molecule has 4 unspecified atom stereocenters. The van der Waals surface area contributed by atoms with Crippen LogP contribution in [0.15, 0.2) is 22.6 Å². The Kier molecular flexibility index (Phi) is 6.12. The molecule has 0 spiro atoms. The summed E-state index contributed by atoms with van der Waals surface area (Å²) in [6.07, 6.45) is 3.38. The molecule has 1 saturated carbocycles. The molecule has 1 aromatic heterocycles. The first kappa shape index (κ1) is 22.5. The topological polar surface area (TPSA) is 103 Å². The molecule has 4 atom stereocenters. The van der Waals surface area contributed by atoms with E-state index in [2.05, 4.69) is 0 Å². The quantitative estimate of drug-likeness (QED) is 0.559. The zero-order valence-electron chi connectivity index (χ0n) is 18.8. The first-order valence-corrected chi connectivity index (χ1v) is 11.4. The summed E-state index contributed by atoms with van der Waals surface area (Å²) in [7, 11) is 0. The van der Waals surface area contributed by atoms with E-state index in [9.17, 15) is 19.5 Å². The molecular formula is C25H30O7. The number of rotatable bonds is 5. The molecule has 1 heterocycles. The van der Waals surface area contributed by atoms with Crippen molar-refractivity contribution in [2.24, 2.45) is 11.8 Å². The summed E-state index contributed by atoms with van der Waals surface area (Å²) in [6.45, 7) is 5.06. The largest absolute Gasteiger partial charge is 0.466 e. The number of carbonyl (C=O) groups is 3. The van der Waals surface area contributed by atoms with Gasteiger partial charge in [0.25, 0.3) is 0 Å². The second-order valence-electron chi connectivity index (χ2n) is 8.92. The van der Waals surface area contributed by atoms with Gasteiger partial charge < -0.3 is 19.0 Å². The summed E-state index contributed by atoms with van der Waals surface area (Å²) in [6, 6.07) is 5.48. The Labute approximate surface area is 187 Å². The van der Waals surface area contributed by atoms with Crippen LogP contribution in [-0.4, -0.2) is 41.6 Å². The lowest BCUT2D eigenvalue weighted by molar-refractivity contribution is -0.172. The molecule has 7 heteroatoms. The first-order valence-electron chi connectivity index (χ1n) is 11.4. The van der Waals surface area contributed by atoms with Crippen molar-refractivity contribution in [2.45, 2.75) is 64.4 Å². The molecule has 0 bridgehead atoms. The number of hydrogen-bond acceptors (Lipinski definition) is 7. The van der Waals surface area contributed by atoms with Crippen LogP contribution in [0.5, 0.6) is 0 Å². The molecule has 0 saturated heterocycles. The van der Waals surface area contributed by atoms with Gasteiger partial charge in [-0.3, -0.25) is 14.4 Å².